The first-order valence-corrected chi connectivity index (χ1v) is 49.3. The van der Waals surface area contributed by atoms with E-state index in [0.29, 0.717) is 0 Å². The van der Waals surface area contributed by atoms with Crippen LogP contribution in [0.4, 0.5) is 0 Å². The van der Waals surface area contributed by atoms with Gasteiger partial charge >= 0.3 is 20.1 Å². The van der Waals surface area contributed by atoms with Crippen LogP contribution in [0.25, 0.3) is 94.0 Å². The van der Waals surface area contributed by atoms with Crippen molar-refractivity contribution in [3.8, 4) is 33.8 Å². The minimum Gasteiger partial charge on any atom is -0.333 e. The number of nitrogens with zero attached hydrogens (tertiary/aromatic N) is 6. The molecule has 19 rings (SSSR count). The summed E-state index contributed by atoms with van der Waals surface area (Å²) in [5.41, 5.74) is 35.1. The number of benzene rings is 11. The first-order chi connectivity index (χ1) is 63.1. The number of aromatic nitrogens is 5. The Kier molecular flexibility index (Phi) is 29.8. The monoisotopic (exact) mass is 1860 g/mol. The van der Waals surface area contributed by atoms with Gasteiger partial charge in [0, 0.05) is 52.9 Å². The van der Waals surface area contributed by atoms with Crippen molar-refractivity contribution in [2.24, 2.45) is 4.99 Å². The summed E-state index contributed by atoms with van der Waals surface area (Å²) in [7, 11) is 0. The van der Waals surface area contributed by atoms with E-state index in [2.05, 4.69) is 287 Å². The van der Waals surface area contributed by atoms with Crippen molar-refractivity contribution in [2.45, 2.75) is 263 Å². The Labute approximate surface area is 775 Å². The van der Waals surface area contributed by atoms with Crippen LogP contribution in [0.5, 0.6) is 0 Å². The summed E-state index contributed by atoms with van der Waals surface area (Å²) >= 11 is 0. The number of pyridine rings is 3. The van der Waals surface area contributed by atoms with Gasteiger partial charge in [0.05, 0.1) is 34.0 Å². The average molecular weight is 1860 g/mol. The van der Waals surface area contributed by atoms with Gasteiger partial charge in [0.15, 0.2) is 11.9 Å². The van der Waals surface area contributed by atoms with Crippen LogP contribution in [0.1, 0.15) is 264 Å². The molecule has 6 nitrogen and oxygen atoms in total. The number of imidazole rings is 2. The molecule has 1 aliphatic carbocycles. The summed E-state index contributed by atoms with van der Waals surface area (Å²) in [6, 6.07) is 105. The second-order valence-electron chi connectivity index (χ2n) is 37.2. The molecule has 1 atom stereocenters. The Morgan fingerprint density at radius 2 is 0.633 bits per heavy atom. The van der Waals surface area contributed by atoms with Gasteiger partial charge in [0.2, 0.25) is 6.04 Å². The number of para-hydroxylation sites is 2. The number of hydrogen-bond acceptors (Lipinski definition) is 3. The minimum absolute atomic E-state index is 0. The van der Waals surface area contributed by atoms with Gasteiger partial charge in [-0.05, 0) is 255 Å². The van der Waals surface area contributed by atoms with Crippen molar-refractivity contribution in [1.82, 2.24) is 18.8 Å². The van der Waals surface area contributed by atoms with E-state index in [0.717, 1.165) is 105 Å². The van der Waals surface area contributed by atoms with Crippen LogP contribution < -0.4 is 4.57 Å². The van der Waals surface area contributed by atoms with Gasteiger partial charge in [-0.2, -0.15) is 28.8 Å². The third-order valence-electron chi connectivity index (χ3n) is 28.5. The maximum absolute atomic E-state index is 5.33. The number of fused-ring (bicyclic) bond motifs is 30. The van der Waals surface area contributed by atoms with E-state index < -0.39 is 0 Å². The van der Waals surface area contributed by atoms with E-state index in [1.165, 1.54) is 330 Å². The Morgan fingerprint density at radius 3 is 1.02 bits per heavy atom. The first kappa shape index (κ1) is 87.7. The molecule has 3 aliphatic rings. The molecule has 648 valence electrons. The Bertz CT molecular complexity index is 6550. The van der Waals surface area contributed by atoms with E-state index in [4.69, 9.17) is 15.0 Å². The fraction of sp³-hybridized carbons (Fsp3) is 0.339. The van der Waals surface area contributed by atoms with Gasteiger partial charge in [-0.1, -0.05) is 288 Å². The second kappa shape index (κ2) is 43.4. The number of aryl methyl sites for hydroxylation is 12. The zero-order valence-corrected chi connectivity index (χ0v) is 77.8. The predicted molar refractivity (Wildman–Crippen MR) is 533 cm³/mol. The molecule has 16 aromatic rings. The van der Waals surface area contributed by atoms with Gasteiger partial charge in [0.1, 0.15) is 0 Å². The van der Waals surface area contributed by atoms with Crippen molar-refractivity contribution < 1.29 is 24.7 Å². The Hall–Kier alpha value is -11.0. The molecule has 0 N–H and O–H groups in total. The van der Waals surface area contributed by atoms with E-state index in [1.807, 2.05) is 18.2 Å². The van der Waals surface area contributed by atoms with Crippen molar-refractivity contribution >= 4 is 65.9 Å². The molecule has 12 bridgehead atoms. The van der Waals surface area contributed by atoms with Crippen LogP contribution in [0.3, 0.4) is 0 Å². The van der Waals surface area contributed by atoms with Crippen LogP contribution in [0.15, 0.2) is 279 Å². The molecule has 0 radical (unpaired) electrons. The molecule has 128 heavy (non-hydrogen) atoms. The largest absolute Gasteiger partial charge is 3.00 e. The normalized spacial score (nSPS) is 16.9. The zero-order valence-electron chi connectivity index (χ0n) is 75.4. The number of allylic oxidation sites excluding steroid dienone is 1. The summed E-state index contributed by atoms with van der Waals surface area (Å²) < 4.78 is 7.41. The van der Waals surface area contributed by atoms with E-state index >= 15 is 0 Å². The maximum Gasteiger partial charge on any atom is 3.00 e. The fourth-order valence-corrected chi connectivity index (χ4v) is 22.0. The van der Waals surface area contributed by atoms with Crippen molar-refractivity contribution in [2.75, 3.05) is 0 Å². The summed E-state index contributed by atoms with van der Waals surface area (Å²) in [4.78, 5) is 15.8. The standard InChI is InChI=1S/C121H126N6.Ir/c1-5-17-47-89-53-41-54-90(83-89)48-18-6-2-10-24-61-97-67-45-68-98(116(97)113-87-123-120-107-77-33-29-71-101(107)103-73-35-37-80-111(103)126(113)120)62-25-11-3-7-19-49-91-55-42-56-92(84-91)50-20-8-4-12-26-63-99-69-46-70-100(117(99)114-88-124-121-108-78-34-30-72-102(108)104-74-36-38-81-112(104)127(114)121)64-28-16-14-22-52-94-58-43-57-93(85-94)51-21-13-15-27-60-96-66-44-65-95(59-23-9-1)115(96)109-86-122-118-106-76-32-31-75-105(106)110-79-39-40-82-125(110)119(109)118;/h29-31,33-46,53-58,65-76,79-88,119H,1-28,47-52,59-64H2;/q-2;+3. The molecule has 7 heterocycles. The third-order valence-corrected chi connectivity index (χ3v) is 28.5. The van der Waals surface area contributed by atoms with Crippen LogP contribution in [-0.4, -0.2) is 24.5 Å². The molecule has 0 amide bonds. The van der Waals surface area contributed by atoms with E-state index in [1.54, 1.807) is 0 Å². The number of aliphatic imine (C=N–C) groups is 1. The molecule has 5 aromatic heterocycles. The SMILES string of the molecule is [Ir+3].[c-]1ccc2c(c1)C1=NC=C(c3c4cccc3CCCCCCc3cccc(c3)CCCCCCc3cccc(c3-c3cnc5c6[c-]cccc6c6ccccc6n35)CCCCCCCc3cccc(c3)CCCCCCCc3cccc(c3-c3cnc5c6[c-]cccc6c6ccccc6n35)CCCCCCCc3cccc(c3)CCCCCCC4)C1[n+]1ccccc1-2. The second-order valence-corrected chi connectivity index (χ2v) is 37.2. The summed E-state index contributed by atoms with van der Waals surface area (Å²) in [6.07, 6.45) is 56.8. The molecular formula is C121H126IrN6+. The van der Waals surface area contributed by atoms with E-state index in [9.17, 15) is 0 Å². The molecule has 0 saturated carbocycles. The fourth-order valence-electron chi connectivity index (χ4n) is 22.0. The topological polar surface area (TPSA) is 50.8 Å². The van der Waals surface area contributed by atoms with Gasteiger partial charge in [0.25, 0.3) is 0 Å². The molecule has 7 heteroatoms. The quantitative estimate of drug-likeness (QED) is 0.101. The van der Waals surface area contributed by atoms with Gasteiger partial charge in [-0.15, -0.1) is 59.3 Å². The van der Waals surface area contributed by atoms with Crippen molar-refractivity contribution in [1.29, 1.82) is 0 Å². The molecular weight excluding hydrogens is 1730 g/mol. The predicted octanol–water partition coefficient (Wildman–Crippen LogP) is 30.6. The third kappa shape index (κ3) is 20.2. The smallest absolute Gasteiger partial charge is 0.333 e. The molecule has 11 aromatic carbocycles. The Morgan fingerprint density at radius 1 is 0.297 bits per heavy atom. The molecule has 0 spiro atoms. The van der Waals surface area contributed by atoms with Crippen molar-refractivity contribution in [3.63, 3.8) is 0 Å². The summed E-state index contributed by atoms with van der Waals surface area (Å²) in [6.45, 7) is 0. The molecule has 2 aliphatic heterocycles. The maximum atomic E-state index is 5.33. The van der Waals surface area contributed by atoms with Crippen LogP contribution in [0, 0.1) is 18.2 Å². The Balaban J connectivity index is 0.0000111. The molecule has 0 fully saturated rings. The summed E-state index contributed by atoms with van der Waals surface area (Å²) in [5, 5.41) is 7.10. The van der Waals surface area contributed by atoms with E-state index in [-0.39, 0.29) is 26.1 Å². The van der Waals surface area contributed by atoms with Crippen LogP contribution in [-0.2, 0) is 97.2 Å². The first-order valence-electron chi connectivity index (χ1n) is 49.3. The average Bonchev–Trinajstić information content (AvgIpc) is 1.47. The van der Waals surface area contributed by atoms with Crippen molar-refractivity contribution in [3.05, 3.63) is 370 Å². The molecule has 1 unspecified atom stereocenters. The number of hydrogen-bond donors (Lipinski definition) is 0. The zero-order chi connectivity index (χ0) is 85.1. The summed E-state index contributed by atoms with van der Waals surface area (Å²) in [5.74, 6) is 0. The van der Waals surface area contributed by atoms with Crippen LogP contribution >= 0.6 is 0 Å². The van der Waals surface area contributed by atoms with Gasteiger partial charge in [-0.3, -0.25) is 15.0 Å². The van der Waals surface area contributed by atoms with Crippen LogP contribution in [0.2, 0.25) is 0 Å². The number of rotatable bonds is 3. The van der Waals surface area contributed by atoms with Gasteiger partial charge < -0.3 is 8.80 Å². The minimum atomic E-state index is 0. The molecule has 0 saturated heterocycles. The van der Waals surface area contributed by atoms with Gasteiger partial charge in [-0.25, -0.2) is 0 Å².